The molecule has 102 valence electrons. The van der Waals surface area contributed by atoms with Gasteiger partial charge in [-0.15, -0.1) is 0 Å². The number of nitrogens with two attached hydrogens (primary N) is 1. The molecule has 2 aromatic rings. The van der Waals surface area contributed by atoms with Gasteiger partial charge >= 0.3 is 0 Å². The summed E-state index contributed by atoms with van der Waals surface area (Å²) < 4.78 is 1.54. The summed E-state index contributed by atoms with van der Waals surface area (Å²) in [4.78, 5) is 13.7. The van der Waals surface area contributed by atoms with Gasteiger partial charge in [0.1, 0.15) is 11.5 Å². The van der Waals surface area contributed by atoms with Crippen LogP contribution in [0.2, 0.25) is 0 Å². The minimum atomic E-state index is -0.482. The average Bonchev–Trinajstić information content (AvgIpc) is 2.76. The Hall–Kier alpha value is -2.88. The fraction of sp³-hybridized carbons (Fsp3) is 0.231. The third-order valence-corrected chi connectivity index (χ3v) is 2.85. The van der Waals surface area contributed by atoms with Gasteiger partial charge < -0.3 is 5.73 Å². The highest BCUT2D eigenvalue weighted by molar-refractivity contribution is 5.83. The van der Waals surface area contributed by atoms with E-state index in [2.05, 4.69) is 9.94 Å². The van der Waals surface area contributed by atoms with Crippen LogP contribution in [0, 0.1) is 16.7 Å². The van der Waals surface area contributed by atoms with Crippen LogP contribution in [0.25, 0.3) is 16.1 Å². The van der Waals surface area contributed by atoms with Crippen molar-refractivity contribution in [2.75, 3.05) is 5.73 Å². The van der Waals surface area contributed by atoms with Crippen LogP contribution in [0.1, 0.15) is 19.9 Å². The maximum atomic E-state index is 10.8. The van der Waals surface area contributed by atoms with Crippen molar-refractivity contribution in [1.82, 2.24) is 9.78 Å². The monoisotopic (exact) mass is 271 g/mol. The van der Waals surface area contributed by atoms with E-state index >= 15 is 0 Å². The molecule has 0 aliphatic carbocycles. The molecule has 2 N–H and O–H groups in total. The van der Waals surface area contributed by atoms with Gasteiger partial charge in [0, 0.05) is 18.2 Å². The quantitative estimate of drug-likeness (QED) is 0.527. The number of nitrogens with zero attached hydrogens (tertiary/aromatic N) is 4. The Labute approximate surface area is 115 Å². The van der Waals surface area contributed by atoms with Crippen molar-refractivity contribution in [3.8, 4) is 11.3 Å². The molecule has 0 spiro atoms. The average molecular weight is 271 g/mol. The molecule has 0 unspecified atom stereocenters. The number of anilines is 1. The number of nitrogen functional groups attached to an aromatic ring is 1. The molecule has 0 amide bonds. The highest BCUT2D eigenvalue weighted by Gasteiger charge is 2.20. The Bertz CT molecular complexity index is 712. The minimum absolute atomic E-state index is 0.00273. The molecule has 0 aliphatic heterocycles. The molecule has 7 heteroatoms. The first-order valence-electron chi connectivity index (χ1n) is 5.96. The Balaban J connectivity index is 2.64. The number of benzene rings is 1. The Morgan fingerprint density at radius 3 is 2.75 bits per heavy atom. The van der Waals surface area contributed by atoms with Crippen molar-refractivity contribution in [3.63, 3.8) is 0 Å². The van der Waals surface area contributed by atoms with Crippen LogP contribution in [0.3, 0.4) is 0 Å². The van der Waals surface area contributed by atoms with Gasteiger partial charge in [-0.3, -0.25) is 14.8 Å². The zero-order valence-corrected chi connectivity index (χ0v) is 11.1. The van der Waals surface area contributed by atoms with Crippen molar-refractivity contribution in [2.45, 2.75) is 19.9 Å². The van der Waals surface area contributed by atoms with Gasteiger partial charge in [0.15, 0.2) is 0 Å². The molecule has 0 atom stereocenters. The summed E-state index contributed by atoms with van der Waals surface area (Å²) in [7, 11) is 0. The molecule has 20 heavy (non-hydrogen) atoms. The summed E-state index contributed by atoms with van der Waals surface area (Å²) in [6.45, 7) is 11.0. The highest BCUT2D eigenvalue weighted by atomic mass is 16.6. The number of hydrogen-bond donors (Lipinski definition) is 1. The van der Waals surface area contributed by atoms with Crippen LogP contribution in [-0.2, 0) is 0 Å². The number of nitro benzene ring substituents is 1. The first-order chi connectivity index (χ1) is 9.45. The van der Waals surface area contributed by atoms with Crippen molar-refractivity contribution >= 4 is 17.2 Å². The summed E-state index contributed by atoms with van der Waals surface area (Å²) >= 11 is 0. The van der Waals surface area contributed by atoms with E-state index in [1.54, 1.807) is 16.8 Å². The Kier molecular flexibility index (Phi) is 3.39. The molecule has 1 heterocycles. The summed E-state index contributed by atoms with van der Waals surface area (Å²) in [5.74, 6) is 0.275. The van der Waals surface area contributed by atoms with Crippen molar-refractivity contribution in [1.29, 1.82) is 0 Å². The first-order valence-corrected chi connectivity index (χ1v) is 5.96. The van der Waals surface area contributed by atoms with E-state index in [9.17, 15) is 10.1 Å². The van der Waals surface area contributed by atoms with E-state index in [4.69, 9.17) is 12.3 Å². The largest absolute Gasteiger partial charge is 0.393 e. The van der Waals surface area contributed by atoms with E-state index in [0.717, 1.165) is 0 Å². The number of nitro groups is 1. The van der Waals surface area contributed by atoms with Gasteiger partial charge in [0.05, 0.1) is 11.5 Å². The smallest absolute Gasteiger partial charge is 0.270 e. The first kappa shape index (κ1) is 13.5. The summed E-state index contributed by atoms with van der Waals surface area (Å²) in [5, 5.41) is 15.1. The predicted molar refractivity (Wildman–Crippen MR) is 75.4 cm³/mol. The lowest BCUT2D eigenvalue weighted by Gasteiger charge is -2.07. The molecule has 0 aliphatic rings. The van der Waals surface area contributed by atoms with E-state index in [1.165, 1.54) is 12.1 Å². The van der Waals surface area contributed by atoms with Crippen LogP contribution in [0.5, 0.6) is 0 Å². The van der Waals surface area contributed by atoms with E-state index in [1.807, 2.05) is 13.8 Å². The van der Waals surface area contributed by atoms with E-state index in [0.29, 0.717) is 11.3 Å². The van der Waals surface area contributed by atoms with Gasteiger partial charge in [0.2, 0.25) is 0 Å². The van der Waals surface area contributed by atoms with Gasteiger partial charge in [-0.1, -0.05) is 12.1 Å². The zero-order chi connectivity index (χ0) is 14.9. The molecular weight excluding hydrogens is 258 g/mol. The second-order valence-electron chi connectivity index (χ2n) is 4.54. The maximum Gasteiger partial charge on any atom is 0.270 e. The fourth-order valence-corrected chi connectivity index (χ4v) is 1.90. The molecule has 1 aromatic heterocycles. The predicted octanol–water partition coefficient (Wildman–Crippen LogP) is 3.17. The summed E-state index contributed by atoms with van der Waals surface area (Å²) in [6.07, 6.45) is 0. The number of hydrogen-bond acceptors (Lipinski definition) is 4. The lowest BCUT2D eigenvalue weighted by Crippen LogP contribution is -2.06. The normalized spacial score (nSPS) is 10.5. The van der Waals surface area contributed by atoms with Crippen LogP contribution < -0.4 is 5.73 Å². The molecular formula is C13H13N5O2. The fourth-order valence-electron chi connectivity index (χ4n) is 1.90. The lowest BCUT2D eigenvalue weighted by molar-refractivity contribution is -0.384. The third-order valence-electron chi connectivity index (χ3n) is 2.85. The second-order valence-corrected chi connectivity index (χ2v) is 4.54. The van der Waals surface area contributed by atoms with Gasteiger partial charge in [0.25, 0.3) is 11.4 Å². The third kappa shape index (κ3) is 2.19. The summed E-state index contributed by atoms with van der Waals surface area (Å²) in [6, 6.07) is 6.02. The number of aromatic nitrogens is 2. The molecule has 0 bridgehead atoms. The second kappa shape index (κ2) is 5.01. The molecule has 0 saturated heterocycles. The standard InChI is InChI=1S/C13H13N5O2/c1-8(2)17-13(14)12(15-3)11(16-17)9-5-4-6-10(7-9)18(19)20/h4-8H,14H2,1-2H3. The Morgan fingerprint density at radius 1 is 1.50 bits per heavy atom. The molecule has 0 saturated carbocycles. The van der Waals surface area contributed by atoms with Crippen LogP contribution >= 0.6 is 0 Å². The maximum absolute atomic E-state index is 10.8. The van der Waals surface area contributed by atoms with Crippen molar-refractivity contribution in [2.24, 2.45) is 0 Å². The van der Waals surface area contributed by atoms with E-state index in [-0.39, 0.29) is 23.2 Å². The van der Waals surface area contributed by atoms with Crippen LogP contribution in [0.4, 0.5) is 17.2 Å². The molecule has 7 nitrogen and oxygen atoms in total. The zero-order valence-electron chi connectivity index (χ0n) is 11.1. The van der Waals surface area contributed by atoms with Crippen molar-refractivity contribution in [3.05, 3.63) is 45.8 Å². The molecule has 0 radical (unpaired) electrons. The van der Waals surface area contributed by atoms with Crippen LogP contribution in [0.15, 0.2) is 24.3 Å². The highest BCUT2D eigenvalue weighted by Crippen LogP contribution is 2.37. The number of rotatable bonds is 3. The van der Waals surface area contributed by atoms with Gasteiger partial charge in [-0.05, 0) is 19.4 Å². The summed E-state index contributed by atoms with van der Waals surface area (Å²) in [5.41, 5.74) is 6.96. The Morgan fingerprint density at radius 2 is 2.20 bits per heavy atom. The van der Waals surface area contributed by atoms with Crippen molar-refractivity contribution < 1.29 is 4.92 Å². The minimum Gasteiger partial charge on any atom is -0.393 e. The SMILES string of the molecule is [C-]#[N+]c1c(-c2cccc([N+](=O)[O-])c2)nn(C(C)C)c1N. The van der Waals surface area contributed by atoms with Crippen LogP contribution in [-0.4, -0.2) is 14.7 Å². The van der Waals surface area contributed by atoms with Gasteiger partial charge in [-0.25, -0.2) is 4.85 Å². The topological polar surface area (TPSA) is 91.3 Å². The number of non-ortho nitro benzene ring substituents is 1. The molecule has 1 aromatic carbocycles. The molecule has 0 fully saturated rings. The lowest BCUT2D eigenvalue weighted by atomic mass is 10.1. The van der Waals surface area contributed by atoms with E-state index < -0.39 is 4.92 Å². The molecule has 2 rings (SSSR count). The van der Waals surface area contributed by atoms with Gasteiger partial charge in [-0.2, -0.15) is 5.10 Å².